The van der Waals surface area contributed by atoms with Crippen molar-refractivity contribution in [3.8, 4) is 0 Å². The monoisotopic (exact) mass is 543 g/mol. The van der Waals surface area contributed by atoms with E-state index in [4.69, 9.17) is 16.3 Å². The lowest BCUT2D eigenvalue weighted by Crippen LogP contribution is -2.57. The van der Waals surface area contributed by atoms with Crippen LogP contribution in [-0.4, -0.2) is 73.4 Å². The van der Waals surface area contributed by atoms with Crippen molar-refractivity contribution in [1.29, 1.82) is 0 Å². The number of nitrogens with one attached hydrogen (secondary N) is 5. The second-order valence-electron chi connectivity index (χ2n) is 9.74. The van der Waals surface area contributed by atoms with Crippen LogP contribution in [0.4, 0.5) is 4.79 Å². The Morgan fingerprint density at radius 3 is 2.35 bits per heavy atom. The Bertz CT molecular complexity index is 819. The highest BCUT2D eigenvalue weighted by Gasteiger charge is 2.31. The van der Waals surface area contributed by atoms with Crippen LogP contribution in [0.1, 0.15) is 53.9 Å². The minimum Gasteiger partial charge on any atom is -0.463 e. The Balaban J connectivity index is 3.01. The molecule has 1 heterocycles. The first kappa shape index (κ1) is 32.2. The maximum absolute atomic E-state index is 13.3. The maximum Gasteiger partial charge on any atom is 0.330 e. The molecule has 11 nitrogen and oxygen atoms in total. The summed E-state index contributed by atoms with van der Waals surface area (Å²) < 4.78 is 4.92. The molecular weight excluding hydrogens is 502 g/mol. The van der Waals surface area contributed by atoms with Crippen LogP contribution in [0, 0.1) is 17.8 Å². The van der Waals surface area contributed by atoms with Crippen LogP contribution in [0.25, 0.3) is 0 Å². The number of rotatable bonds is 15. The minimum atomic E-state index is -0.891. The molecule has 0 aromatic heterocycles. The van der Waals surface area contributed by atoms with E-state index in [1.807, 2.05) is 13.8 Å². The molecular formula is C25H42ClN5O6. The van der Waals surface area contributed by atoms with Gasteiger partial charge in [-0.05, 0) is 38.0 Å². The Morgan fingerprint density at radius 1 is 1.11 bits per heavy atom. The number of alkyl halides is 1. The van der Waals surface area contributed by atoms with Crippen molar-refractivity contribution >= 4 is 41.3 Å². The molecule has 1 aliphatic rings. The molecule has 0 aliphatic carbocycles. The third-order valence-corrected chi connectivity index (χ3v) is 5.92. The van der Waals surface area contributed by atoms with Crippen LogP contribution >= 0.6 is 11.6 Å². The summed E-state index contributed by atoms with van der Waals surface area (Å²) in [5.74, 6) is -1.85. The van der Waals surface area contributed by atoms with Crippen molar-refractivity contribution in [2.45, 2.75) is 72.0 Å². The number of urea groups is 1. The first-order valence-corrected chi connectivity index (χ1v) is 13.4. The zero-order valence-corrected chi connectivity index (χ0v) is 23.2. The molecule has 0 saturated carbocycles. The topological polar surface area (TPSA) is 155 Å². The van der Waals surface area contributed by atoms with E-state index >= 15 is 0 Å². The van der Waals surface area contributed by atoms with Crippen molar-refractivity contribution in [3.63, 3.8) is 0 Å². The van der Waals surface area contributed by atoms with Gasteiger partial charge in [-0.15, -0.1) is 11.6 Å². The lowest BCUT2D eigenvalue weighted by Gasteiger charge is -2.27. The smallest absolute Gasteiger partial charge is 0.330 e. The molecule has 0 bridgehead atoms. The molecule has 0 spiro atoms. The number of carbonyl (C=O) groups excluding carboxylic acids is 5. The molecule has 0 radical (unpaired) electrons. The van der Waals surface area contributed by atoms with Crippen LogP contribution in [0.15, 0.2) is 12.2 Å². The van der Waals surface area contributed by atoms with Crippen molar-refractivity contribution in [2.24, 2.45) is 17.8 Å². The van der Waals surface area contributed by atoms with Crippen molar-refractivity contribution in [1.82, 2.24) is 26.6 Å². The zero-order valence-electron chi connectivity index (χ0n) is 22.4. The summed E-state index contributed by atoms with van der Waals surface area (Å²) in [6.45, 7) is 10.1. The van der Waals surface area contributed by atoms with E-state index in [9.17, 15) is 24.0 Å². The van der Waals surface area contributed by atoms with Gasteiger partial charge >= 0.3 is 12.0 Å². The Hall–Kier alpha value is -2.82. The maximum atomic E-state index is 13.3. The average Bonchev–Trinajstić information content (AvgIpc) is 3.22. The highest BCUT2D eigenvalue weighted by atomic mass is 35.5. The van der Waals surface area contributed by atoms with Crippen LogP contribution in [0.3, 0.4) is 0 Å². The van der Waals surface area contributed by atoms with Gasteiger partial charge in [0.2, 0.25) is 17.7 Å². The summed E-state index contributed by atoms with van der Waals surface area (Å²) >= 11 is 5.60. The number of halogens is 1. The van der Waals surface area contributed by atoms with Gasteiger partial charge in [0.05, 0.1) is 6.61 Å². The summed E-state index contributed by atoms with van der Waals surface area (Å²) in [7, 11) is 0. The fraction of sp³-hybridized carbons (Fsp3) is 0.720. The molecule has 1 aliphatic heterocycles. The number of hydrogen-bond donors (Lipinski definition) is 5. The molecule has 5 amide bonds. The summed E-state index contributed by atoms with van der Waals surface area (Å²) in [4.78, 5) is 62.5. The quantitative estimate of drug-likeness (QED) is 0.119. The standard InChI is InChI=1S/C25H42ClN5O6/c1-6-37-20(32)8-7-18(14-17-9-11-27-22(17)33)29-23(34)19(13-15(2)3)30-24(35)21(16(4)5)31-25(36)28-12-10-26/h7-8,15-19,21H,6,9-14H2,1-5H3,(H,27,33)(H,29,34)(H,30,35)(H2,28,31,36)/t17-,18+,19-,21-/m0/s1. The second-order valence-corrected chi connectivity index (χ2v) is 10.1. The number of carbonyl (C=O) groups is 5. The molecule has 1 rings (SSSR count). The third kappa shape index (κ3) is 12.3. The van der Waals surface area contributed by atoms with E-state index in [1.165, 1.54) is 12.2 Å². The number of amides is 5. The molecule has 0 aromatic rings. The van der Waals surface area contributed by atoms with E-state index in [1.54, 1.807) is 20.8 Å². The van der Waals surface area contributed by atoms with Crippen LogP contribution in [0.2, 0.25) is 0 Å². The Kier molecular flexibility index (Phi) is 14.7. The Labute approximate surface area is 224 Å². The highest BCUT2D eigenvalue weighted by Crippen LogP contribution is 2.17. The van der Waals surface area contributed by atoms with Crippen LogP contribution in [0.5, 0.6) is 0 Å². The molecule has 5 N–H and O–H groups in total. The molecule has 0 aromatic carbocycles. The van der Waals surface area contributed by atoms with E-state index in [0.717, 1.165) is 0 Å². The van der Waals surface area contributed by atoms with Gasteiger partial charge in [-0.25, -0.2) is 9.59 Å². The average molecular weight is 544 g/mol. The van der Waals surface area contributed by atoms with Crippen LogP contribution in [-0.2, 0) is 23.9 Å². The van der Waals surface area contributed by atoms with E-state index in [0.29, 0.717) is 25.8 Å². The highest BCUT2D eigenvalue weighted by molar-refractivity contribution is 6.18. The molecule has 37 heavy (non-hydrogen) atoms. The lowest BCUT2D eigenvalue weighted by molar-refractivity contribution is -0.137. The van der Waals surface area contributed by atoms with Gasteiger partial charge in [-0.3, -0.25) is 14.4 Å². The van der Waals surface area contributed by atoms with Gasteiger partial charge in [-0.2, -0.15) is 0 Å². The molecule has 210 valence electrons. The summed E-state index contributed by atoms with van der Waals surface area (Å²) in [5.41, 5.74) is 0. The van der Waals surface area contributed by atoms with Crippen molar-refractivity contribution < 1.29 is 28.7 Å². The second kappa shape index (κ2) is 16.8. The predicted octanol–water partition coefficient (Wildman–Crippen LogP) is 1.21. The van der Waals surface area contributed by atoms with Gasteiger partial charge in [0.1, 0.15) is 12.1 Å². The van der Waals surface area contributed by atoms with Gasteiger partial charge in [0, 0.05) is 37.0 Å². The molecule has 12 heteroatoms. The predicted molar refractivity (Wildman–Crippen MR) is 141 cm³/mol. The summed E-state index contributed by atoms with van der Waals surface area (Å²) in [6, 6.07) is -2.92. The van der Waals surface area contributed by atoms with Gasteiger partial charge < -0.3 is 31.3 Å². The molecule has 0 unspecified atom stereocenters. The molecule has 4 atom stereocenters. The largest absolute Gasteiger partial charge is 0.463 e. The SMILES string of the molecule is CCOC(=O)C=C[C@H](C[C@@H]1CCNC1=O)NC(=O)[C@H](CC(C)C)NC(=O)[C@@H](NC(=O)NCCCl)C(C)C. The number of ether oxygens (including phenoxy) is 1. The fourth-order valence-corrected chi connectivity index (χ4v) is 3.98. The molecule has 1 fully saturated rings. The first-order valence-electron chi connectivity index (χ1n) is 12.8. The molecule has 1 saturated heterocycles. The summed E-state index contributed by atoms with van der Waals surface area (Å²) in [6.07, 6.45) is 4.01. The van der Waals surface area contributed by atoms with Gasteiger partial charge in [-0.1, -0.05) is 33.8 Å². The van der Waals surface area contributed by atoms with Gasteiger partial charge in [0.25, 0.3) is 0 Å². The zero-order chi connectivity index (χ0) is 28.0. The third-order valence-electron chi connectivity index (χ3n) is 5.74. The van der Waals surface area contributed by atoms with E-state index in [-0.39, 0.29) is 42.7 Å². The van der Waals surface area contributed by atoms with Gasteiger partial charge in [0.15, 0.2) is 0 Å². The van der Waals surface area contributed by atoms with E-state index < -0.39 is 41.9 Å². The van der Waals surface area contributed by atoms with Crippen molar-refractivity contribution in [3.05, 3.63) is 12.2 Å². The minimum absolute atomic E-state index is 0.0719. The lowest BCUT2D eigenvalue weighted by atomic mass is 9.96. The van der Waals surface area contributed by atoms with Crippen LogP contribution < -0.4 is 26.6 Å². The Morgan fingerprint density at radius 2 is 1.81 bits per heavy atom. The first-order chi connectivity index (χ1) is 17.5. The van der Waals surface area contributed by atoms with Crippen molar-refractivity contribution in [2.75, 3.05) is 25.6 Å². The van der Waals surface area contributed by atoms with E-state index in [2.05, 4.69) is 26.6 Å². The number of hydrogen-bond acceptors (Lipinski definition) is 6. The number of esters is 1. The normalized spacial score (nSPS) is 17.7. The fourth-order valence-electron chi connectivity index (χ4n) is 3.88. The summed E-state index contributed by atoms with van der Waals surface area (Å²) in [5, 5.41) is 13.6.